The van der Waals surface area contributed by atoms with Gasteiger partial charge in [0.05, 0.1) is 13.7 Å². The molecule has 2 amide bonds. The van der Waals surface area contributed by atoms with E-state index in [4.69, 9.17) is 14.2 Å². The van der Waals surface area contributed by atoms with Crippen LogP contribution in [0.15, 0.2) is 24.3 Å². The van der Waals surface area contributed by atoms with E-state index in [1.807, 2.05) is 12.1 Å². The zero-order valence-corrected chi connectivity index (χ0v) is 10.6. The summed E-state index contributed by atoms with van der Waals surface area (Å²) in [6.45, 7) is 0.997. The number of carbonyl (C=O) groups is 1. The Kier molecular flexibility index (Phi) is 6.42. The molecule has 0 aliphatic carbocycles. The van der Waals surface area contributed by atoms with Gasteiger partial charge in [0.1, 0.15) is 0 Å². The van der Waals surface area contributed by atoms with Crippen molar-refractivity contribution in [1.29, 1.82) is 0 Å². The molecule has 0 bridgehead atoms. The molecule has 0 unspecified atom stereocenters. The average molecular weight is 254 g/mol. The number of hydrogen-bond donors (Lipinski definition) is 2. The van der Waals surface area contributed by atoms with Crippen molar-refractivity contribution < 1.29 is 19.0 Å². The monoisotopic (exact) mass is 254 g/mol. The van der Waals surface area contributed by atoms with Crippen LogP contribution in [0.3, 0.4) is 0 Å². The predicted molar refractivity (Wildman–Crippen MR) is 66.9 cm³/mol. The van der Waals surface area contributed by atoms with Crippen LogP contribution in [0.4, 0.5) is 4.79 Å². The topological polar surface area (TPSA) is 68.8 Å². The normalized spacial score (nSPS) is 9.67. The van der Waals surface area contributed by atoms with Crippen LogP contribution in [0, 0.1) is 0 Å². The number of para-hydroxylation sites is 2. The van der Waals surface area contributed by atoms with Crippen molar-refractivity contribution in [3.05, 3.63) is 24.3 Å². The van der Waals surface area contributed by atoms with E-state index in [1.54, 1.807) is 26.4 Å². The van der Waals surface area contributed by atoms with E-state index in [0.29, 0.717) is 24.7 Å². The van der Waals surface area contributed by atoms with E-state index in [-0.39, 0.29) is 12.8 Å². The lowest BCUT2D eigenvalue weighted by Crippen LogP contribution is -2.39. The van der Waals surface area contributed by atoms with Crippen LogP contribution in [-0.2, 0) is 4.74 Å². The lowest BCUT2D eigenvalue weighted by atomic mass is 10.3. The maximum absolute atomic E-state index is 11.3. The number of carbonyl (C=O) groups excluding carboxylic acids is 1. The Balaban J connectivity index is 2.26. The first kappa shape index (κ1) is 14.1. The maximum atomic E-state index is 11.3. The molecule has 18 heavy (non-hydrogen) atoms. The minimum atomic E-state index is -0.304. The molecule has 0 aromatic heterocycles. The van der Waals surface area contributed by atoms with E-state index < -0.39 is 0 Å². The van der Waals surface area contributed by atoms with Gasteiger partial charge in [-0.1, -0.05) is 12.1 Å². The summed E-state index contributed by atoms with van der Waals surface area (Å²) in [5.41, 5.74) is 0. The van der Waals surface area contributed by atoms with Crippen LogP contribution >= 0.6 is 0 Å². The molecule has 2 N–H and O–H groups in total. The van der Waals surface area contributed by atoms with E-state index in [0.717, 1.165) is 0 Å². The van der Waals surface area contributed by atoms with Crippen molar-refractivity contribution in [1.82, 2.24) is 10.6 Å². The molecule has 1 aromatic rings. The molecule has 0 atom stereocenters. The molecule has 100 valence electrons. The fourth-order valence-electron chi connectivity index (χ4n) is 1.25. The summed E-state index contributed by atoms with van der Waals surface area (Å²) >= 11 is 0. The van der Waals surface area contributed by atoms with E-state index in [1.165, 1.54) is 0 Å². The zero-order valence-electron chi connectivity index (χ0n) is 10.6. The Morgan fingerprint density at radius 2 is 1.89 bits per heavy atom. The van der Waals surface area contributed by atoms with Crippen LogP contribution in [0.5, 0.6) is 11.5 Å². The van der Waals surface area contributed by atoms with Crippen molar-refractivity contribution in [2.75, 3.05) is 34.1 Å². The molecule has 0 saturated heterocycles. The molecule has 0 heterocycles. The Morgan fingerprint density at radius 3 is 2.56 bits per heavy atom. The minimum Gasteiger partial charge on any atom is -0.493 e. The molecule has 1 rings (SSSR count). The van der Waals surface area contributed by atoms with E-state index >= 15 is 0 Å². The Hall–Kier alpha value is -1.95. The van der Waals surface area contributed by atoms with Gasteiger partial charge < -0.3 is 24.8 Å². The Morgan fingerprint density at radius 1 is 1.17 bits per heavy atom. The predicted octanol–water partition coefficient (Wildman–Crippen LogP) is 0.977. The van der Waals surface area contributed by atoms with Crippen LogP contribution in [0.25, 0.3) is 0 Å². The fraction of sp³-hybridized carbons (Fsp3) is 0.417. The van der Waals surface area contributed by atoms with Crippen molar-refractivity contribution in [3.63, 3.8) is 0 Å². The zero-order chi connectivity index (χ0) is 13.2. The maximum Gasteiger partial charge on any atom is 0.317 e. The average Bonchev–Trinajstić information content (AvgIpc) is 2.39. The van der Waals surface area contributed by atoms with Crippen molar-refractivity contribution in [2.45, 2.75) is 0 Å². The fourth-order valence-corrected chi connectivity index (χ4v) is 1.25. The van der Waals surface area contributed by atoms with Crippen molar-refractivity contribution >= 4 is 6.03 Å². The summed E-state index contributed by atoms with van der Waals surface area (Å²) in [5.74, 6) is 1.20. The van der Waals surface area contributed by atoms with Gasteiger partial charge in [-0.15, -0.1) is 0 Å². The first-order valence-corrected chi connectivity index (χ1v) is 5.54. The second kappa shape index (κ2) is 8.19. The van der Waals surface area contributed by atoms with Gasteiger partial charge in [0.2, 0.25) is 0 Å². The van der Waals surface area contributed by atoms with Gasteiger partial charge in [0, 0.05) is 13.7 Å². The number of urea groups is 1. The molecule has 0 saturated carbocycles. The summed E-state index contributed by atoms with van der Waals surface area (Å²) < 4.78 is 15.3. The quantitative estimate of drug-likeness (QED) is 0.562. The highest BCUT2D eigenvalue weighted by Gasteiger charge is 2.03. The van der Waals surface area contributed by atoms with E-state index in [2.05, 4.69) is 10.6 Å². The van der Waals surface area contributed by atoms with Gasteiger partial charge in [-0.05, 0) is 12.1 Å². The summed E-state index contributed by atoms with van der Waals surface area (Å²) in [6.07, 6.45) is 0. The Labute approximate surface area is 106 Å². The third-order valence-electron chi connectivity index (χ3n) is 2.12. The summed E-state index contributed by atoms with van der Waals surface area (Å²) in [5, 5.41) is 5.17. The van der Waals surface area contributed by atoms with Gasteiger partial charge in [0.15, 0.2) is 18.2 Å². The van der Waals surface area contributed by atoms with Gasteiger partial charge in [-0.3, -0.25) is 0 Å². The molecule has 0 spiro atoms. The molecular formula is C12H18N2O4. The van der Waals surface area contributed by atoms with Crippen LogP contribution in [0.2, 0.25) is 0 Å². The number of methoxy groups -OCH3 is 2. The summed E-state index contributed by atoms with van der Waals surface area (Å²) in [4.78, 5) is 11.3. The van der Waals surface area contributed by atoms with Crippen molar-refractivity contribution in [2.24, 2.45) is 0 Å². The number of amides is 2. The molecular weight excluding hydrogens is 236 g/mol. The van der Waals surface area contributed by atoms with Gasteiger partial charge in [-0.25, -0.2) is 4.79 Å². The molecule has 1 aromatic carbocycles. The lowest BCUT2D eigenvalue weighted by molar-refractivity contribution is 0.192. The smallest absolute Gasteiger partial charge is 0.317 e. The second-order valence-electron chi connectivity index (χ2n) is 3.37. The highest BCUT2D eigenvalue weighted by Crippen LogP contribution is 2.25. The third-order valence-corrected chi connectivity index (χ3v) is 2.12. The van der Waals surface area contributed by atoms with Gasteiger partial charge in [-0.2, -0.15) is 0 Å². The standard InChI is InChI=1S/C12H18N2O4/c1-16-8-7-13-12(15)14-9-18-11-6-4-3-5-10(11)17-2/h3-6H,7-9H2,1-2H3,(H2,13,14,15). The van der Waals surface area contributed by atoms with Crippen LogP contribution in [0.1, 0.15) is 0 Å². The lowest BCUT2D eigenvalue weighted by Gasteiger charge is -2.11. The number of ether oxygens (including phenoxy) is 3. The first-order valence-electron chi connectivity index (χ1n) is 5.54. The first-order chi connectivity index (χ1) is 8.77. The molecule has 0 aliphatic rings. The third kappa shape index (κ3) is 4.92. The number of benzene rings is 1. The summed E-state index contributed by atoms with van der Waals surface area (Å²) in [7, 11) is 3.14. The Bertz CT molecular complexity index is 371. The number of nitrogens with one attached hydrogen (secondary N) is 2. The molecule has 0 radical (unpaired) electrons. The van der Waals surface area contributed by atoms with Gasteiger partial charge >= 0.3 is 6.03 Å². The van der Waals surface area contributed by atoms with Crippen LogP contribution in [-0.4, -0.2) is 40.1 Å². The van der Waals surface area contributed by atoms with Crippen molar-refractivity contribution in [3.8, 4) is 11.5 Å². The highest BCUT2D eigenvalue weighted by atomic mass is 16.5. The second-order valence-corrected chi connectivity index (χ2v) is 3.37. The molecule has 0 fully saturated rings. The molecule has 6 heteroatoms. The van der Waals surface area contributed by atoms with Crippen LogP contribution < -0.4 is 20.1 Å². The number of rotatable bonds is 7. The van der Waals surface area contributed by atoms with E-state index in [9.17, 15) is 4.79 Å². The summed E-state index contributed by atoms with van der Waals surface area (Å²) in [6, 6.07) is 6.92. The van der Waals surface area contributed by atoms with Gasteiger partial charge in [0.25, 0.3) is 0 Å². The largest absolute Gasteiger partial charge is 0.493 e. The molecule has 0 aliphatic heterocycles. The SMILES string of the molecule is COCCNC(=O)NCOc1ccccc1OC. The molecule has 6 nitrogen and oxygen atoms in total. The minimum absolute atomic E-state index is 0.0686. The highest BCUT2D eigenvalue weighted by molar-refractivity contribution is 5.73. The number of hydrogen-bond acceptors (Lipinski definition) is 4.